The summed E-state index contributed by atoms with van der Waals surface area (Å²) in [5.74, 6) is -0.268. The number of carbonyl (C=O) groups is 1. The predicted octanol–water partition coefficient (Wildman–Crippen LogP) is 1.30. The molecule has 0 amide bonds. The molecule has 78 valence electrons. The van der Waals surface area contributed by atoms with Crippen molar-refractivity contribution in [1.29, 1.82) is 0 Å². The fourth-order valence-corrected chi connectivity index (χ4v) is 3.27. The van der Waals surface area contributed by atoms with Crippen LogP contribution in [0, 0.1) is 0 Å². The van der Waals surface area contributed by atoms with Crippen LogP contribution in [0.25, 0.3) is 0 Å². The van der Waals surface area contributed by atoms with Crippen molar-refractivity contribution < 1.29 is 18.4 Å². The number of ether oxygens (including phenoxy) is 1. The summed E-state index contributed by atoms with van der Waals surface area (Å²) in [5, 5.41) is 0. The maximum Gasteiger partial charge on any atom is 0.346 e. The van der Waals surface area contributed by atoms with E-state index in [1.54, 1.807) is 0 Å². The van der Waals surface area contributed by atoms with E-state index in [0.29, 0.717) is 13.2 Å². The van der Waals surface area contributed by atoms with Gasteiger partial charge in [-0.2, -0.15) is 0 Å². The third-order valence-corrected chi connectivity index (χ3v) is 4.32. The van der Waals surface area contributed by atoms with Crippen LogP contribution in [0.2, 0.25) is 12.6 Å². The van der Waals surface area contributed by atoms with E-state index in [1.165, 1.54) is 7.11 Å². The van der Waals surface area contributed by atoms with Gasteiger partial charge in [-0.1, -0.05) is 0 Å². The second-order valence-electron chi connectivity index (χ2n) is 2.75. The Morgan fingerprint density at radius 1 is 1.23 bits per heavy atom. The molecule has 0 bridgehead atoms. The number of esters is 1. The zero-order valence-corrected chi connectivity index (χ0v) is 9.75. The van der Waals surface area contributed by atoms with Gasteiger partial charge in [-0.15, -0.1) is 0 Å². The largest absolute Gasteiger partial charge is 0.469 e. The number of methoxy groups -OCH3 is 1. The SMILES string of the molecule is CCO[Si](C)(CC(=O)OC)OCC. The van der Waals surface area contributed by atoms with Crippen LogP contribution in [0.3, 0.4) is 0 Å². The Bertz CT molecular complexity index is 154. The molecule has 0 saturated heterocycles. The smallest absolute Gasteiger partial charge is 0.346 e. The summed E-state index contributed by atoms with van der Waals surface area (Å²) < 4.78 is 15.5. The van der Waals surface area contributed by atoms with Crippen LogP contribution >= 0.6 is 0 Å². The molecule has 4 nitrogen and oxygen atoms in total. The van der Waals surface area contributed by atoms with Crippen molar-refractivity contribution in [1.82, 2.24) is 0 Å². The van der Waals surface area contributed by atoms with E-state index in [0.717, 1.165) is 0 Å². The molecule has 5 heteroatoms. The molecule has 0 aromatic heterocycles. The Labute approximate surface area is 80.4 Å². The second-order valence-corrected chi connectivity index (χ2v) is 5.95. The number of rotatable bonds is 6. The van der Waals surface area contributed by atoms with Gasteiger partial charge in [0.25, 0.3) is 0 Å². The van der Waals surface area contributed by atoms with Crippen molar-refractivity contribution in [3.8, 4) is 0 Å². The van der Waals surface area contributed by atoms with E-state index in [2.05, 4.69) is 4.74 Å². The third kappa shape index (κ3) is 5.02. The first-order chi connectivity index (χ1) is 6.08. The summed E-state index contributed by atoms with van der Waals surface area (Å²) in [6, 6.07) is 0.255. The number of hydrogen-bond donors (Lipinski definition) is 0. The van der Waals surface area contributed by atoms with Gasteiger partial charge in [0, 0.05) is 13.2 Å². The highest BCUT2D eigenvalue weighted by Crippen LogP contribution is 2.13. The molecular weight excluding hydrogens is 188 g/mol. The molecule has 0 aliphatic rings. The molecular formula is C8H18O4Si. The van der Waals surface area contributed by atoms with Gasteiger partial charge in [-0.3, -0.25) is 4.79 Å². The van der Waals surface area contributed by atoms with E-state index >= 15 is 0 Å². The lowest BCUT2D eigenvalue weighted by atomic mass is 10.8. The highest BCUT2D eigenvalue weighted by atomic mass is 28.4. The minimum Gasteiger partial charge on any atom is -0.469 e. The fraction of sp³-hybridized carbons (Fsp3) is 0.875. The standard InChI is InChI=1S/C8H18O4Si/c1-5-11-13(4,12-6-2)7-8(9)10-3/h5-7H2,1-4H3. The highest BCUT2D eigenvalue weighted by molar-refractivity contribution is 6.69. The van der Waals surface area contributed by atoms with Gasteiger partial charge in [0.15, 0.2) is 0 Å². The quantitative estimate of drug-likeness (QED) is 0.485. The maximum absolute atomic E-state index is 11.0. The topological polar surface area (TPSA) is 44.8 Å². The van der Waals surface area contributed by atoms with Gasteiger partial charge in [-0.05, 0) is 20.4 Å². The zero-order valence-electron chi connectivity index (χ0n) is 8.75. The lowest BCUT2D eigenvalue weighted by molar-refractivity contribution is -0.138. The molecule has 0 heterocycles. The summed E-state index contributed by atoms with van der Waals surface area (Å²) >= 11 is 0. The van der Waals surface area contributed by atoms with E-state index < -0.39 is 8.56 Å². The first-order valence-corrected chi connectivity index (χ1v) is 6.95. The molecule has 0 atom stereocenters. The molecule has 13 heavy (non-hydrogen) atoms. The van der Waals surface area contributed by atoms with Crippen LogP contribution < -0.4 is 0 Å². The Morgan fingerprint density at radius 2 is 1.69 bits per heavy atom. The number of hydrogen-bond acceptors (Lipinski definition) is 4. The Kier molecular flexibility index (Phi) is 5.94. The molecule has 0 spiro atoms. The monoisotopic (exact) mass is 206 g/mol. The van der Waals surface area contributed by atoms with Crippen LogP contribution in [-0.4, -0.2) is 34.9 Å². The van der Waals surface area contributed by atoms with E-state index in [4.69, 9.17) is 8.85 Å². The van der Waals surface area contributed by atoms with E-state index in [-0.39, 0.29) is 12.0 Å². The summed E-state index contributed by atoms with van der Waals surface area (Å²) in [4.78, 5) is 11.0. The van der Waals surface area contributed by atoms with Crippen LogP contribution in [0.5, 0.6) is 0 Å². The molecule has 0 saturated carbocycles. The molecule has 0 fully saturated rings. The van der Waals surface area contributed by atoms with Gasteiger partial charge in [0.1, 0.15) is 0 Å². The van der Waals surface area contributed by atoms with Crippen molar-refractivity contribution in [2.75, 3.05) is 20.3 Å². The molecule has 0 aliphatic heterocycles. The van der Waals surface area contributed by atoms with Gasteiger partial charge >= 0.3 is 14.5 Å². The second kappa shape index (κ2) is 6.12. The minimum absolute atomic E-state index is 0.255. The number of carbonyl (C=O) groups excluding carboxylic acids is 1. The van der Waals surface area contributed by atoms with Gasteiger partial charge < -0.3 is 13.6 Å². The Hall–Kier alpha value is -0.393. The molecule has 0 aromatic carbocycles. The van der Waals surface area contributed by atoms with E-state index in [9.17, 15) is 4.79 Å². The molecule has 0 aliphatic carbocycles. The van der Waals surface area contributed by atoms with Crippen molar-refractivity contribution in [2.45, 2.75) is 26.4 Å². The lowest BCUT2D eigenvalue weighted by Gasteiger charge is -2.24. The Morgan fingerprint density at radius 3 is 2.00 bits per heavy atom. The zero-order chi connectivity index (χ0) is 10.3. The molecule has 0 radical (unpaired) electrons. The van der Waals surface area contributed by atoms with Crippen molar-refractivity contribution in [3.63, 3.8) is 0 Å². The average molecular weight is 206 g/mol. The normalized spacial score (nSPS) is 11.4. The lowest BCUT2D eigenvalue weighted by Crippen LogP contribution is -2.41. The first-order valence-electron chi connectivity index (χ1n) is 4.42. The van der Waals surface area contributed by atoms with Crippen LogP contribution in [0.15, 0.2) is 0 Å². The fourth-order valence-electron chi connectivity index (χ4n) is 1.09. The van der Waals surface area contributed by atoms with Gasteiger partial charge in [-0.25, -0.2) is 0 Å². The predicted molar refractivity (Wildman–Crippen MR) is 51.7 cm³/mol. The first kappa shape index (κ1) is 12.6. The summed E-state index contributed by atoms with van der Waals surface area (Å²) in [6.45, 7) is 6.79. The van der Waals surface area contributed by atoms with Gasteiger partial charge in [0.05, 0.1) is 13.2 Å². The summed E-state index contributed by atoms with van der Waals surface area (Å²) in [6.07, 6.45) is 0. The minimum atomic E-state index is -2.31. The van der Waals surface area contributed by atoms with Crippen LogP contribution in [-0.2, 0) is 18.4 Å². The van der Waals surface area contributed by atoms with Crippen molar-refractivity contribution in [2.24, 2.45) is 0 Å². The molecule has 0 unspecified atom stereocenters. The van der Waals surface area contributed by atoms with Crippen molar-refractivity contribution in [3.05, 3.63) is 0 Å². The third-order valence-electron chi connectivity index (χ3n) is 1.59. The maximum atomic E-state index is 11.0. The van der Waals surface area contributed by atoms with E-state index in [1.807, 2.05) is 20.4 Å². The molecule has 0 rings (SSSR count). The average Bonchev–Trinajstić information content (AvgIpc) is 2.04. The van der Waals surface area contributed by atoms with Crippen LogP contribution in [0.1, 0.15) is 13.8 Å². The molecule has 0 aromatic rings. The Balaban J connectivity index is 4.13. The summed E-state index contributed by atoms with van der Waals surface area (Å²) in [7, 11) is -0.938. The van der Waals surface area contributed by atoms with Gasteiger partial charge in [0.2, 0.25) is 0 Å². The molecule has 0 N–H and O–H groups in total. The van der Waals surface area contributed by atoms with Crippen LogP contribution in [0.4, 0.5) is 0 Å². The highest BCUT2D eigenvalue weighted by Gasteiger charge is 2.34. The van der Waals surface area contributed by atoms with Crippen molar-refractivity contribution >= 4 is 14.5 Å². The summed E-state index contributed by atoms with van der Waals surface area (Å²) in [5.41, 5.74) is 0.